The third-order valence-corrected chi connectivity index (χ3v) is 3.17. The highest BCUT2D eigenvalue weighted by Gasteiger charge is 2.14. The summed E-state index contributed by atoms with van der Waals surface area (Å²) in [7, 11) is 1.49. The summed E-state index contributed by atoms with van der Waals surface area (Å²) >= 11 is 3.26. The molecule has 0 aromatic heterocycles. The van der Waals surface area contributed by atoms with E-state index in [0.29, 0.717) is 21.6 Å². The number of amides is 1. The first kappa shape index (κ1) is 14.2. The summed E-state index contributed by atoms with van der Waals surface area (Å²) in [6.45, 7) is 0. The number of anilines is 2. The molecule has 0 unspecified atom stereocenters. The predicted octanol–water partition coefficient (Wildman–Crippen LogP) is 3.00. The van der Waals surface area contributed by atoms with Crippen LogP contribution in [0.15, 0.2) is 40.9 Å². The van der Waals surface area contributed by atoms with Crippen LogP contribution in [0.2, 0.25) is 0 Å². The summed E-state index contributed by atoms with van der Waals surface area (Å²) in [5.74, 6) is -0.0835. The molecule has 0 aliphatic carbocycles. The summed E-state index contributed by atoms with van der Waals surface area (Å²) in [6, 6.07) is 9.53. The van der Waals surface area contributed by atoms with E-state index in [2.05, 4.69) is 21.2 Å². The van der Waals surface area contributed by atoms with Crippen LogP contribution < -0.4 is 15.8 Å². The van der Waals surface area contributed by atoms with Crippen LogP contribution in [0.5, 0.6) is 11.5 Å². The molecule has 0 heterocycles. The van der Waals surface area contributed by atoms with Crippen molar-refractivity contribution in [2.75, 3.05) is 18.2 Å². The molecule has 0 aliphatic rings. The fourth-order valence-electron chi connectivity index (χ4n) is 1.69. The predicted molar refractivity (Wildman–Crippen MR) is 81.2 cm³/mol. The smallest absolute Gasteiger partial charge is 0.259 e. The number of hydrogen-bond acceptors (Lipinski definition) is 4. The molecular weight excluding hydrogens is 324 g/mol. The third-order valence-electron chi connectivity index (χ3n) is 2.68. The van der Waals surface area contributed by atoms with E-state index in [0.717, 1.165) is 0 Å². The average Bonchev–Trinajstić information content (AvgIpc) is 2.43. The average molecular weight is 337 g/mol. The molecule has 0 radical (unpaired) electrons. The minimum atomic E-state index is -0.438. The number of ether oxygens (including phenoxy) is 1. The third kappa shape index (κ3) is 3.03. The summed E-state index contributed by atoms with van der Waals surface area (Å²) in [5, 5.41) is 12.4. The lowest BCUT2D eigenvalue weighted by Crippen LogP contribution is -2.13. The lowest BCUT2D eigenvalue weighted by Gasteiger charge is -2.11. The molecule has 0 bridgehead atoms. The van der Waals surface area contributed by atoms with Crippen molar-refractivity contribution in [3.63, 3.8) is 0 Å². The van der Waals surface area contributed by atoms with Gasteiger partial charge in [0.05, 0.1) is 18.4 Å². The molecule has 0 saturated carbocycles. The number of rotatable bonds is 3. The highest BCUT2D eigenvalue weighted by atomic mass is 79.9. The number of carbonyl (C=O) groups is 1. The van der Waals surface area contributed by atoms with Gasteiger partial charge < -0.3 is 20.9 Å². The van der Waals surface area contributed by atoms with E-state index >= 15 is 0 Å². The van der Waals surface area contributed by atoms with Crippen LogP contribution in [-0.2, 0) is 0 Å². The topological polar surface area (TPSA) is 84.6 Å². The molecule has 2 aromatic rings. The van der Waals surface area contributed by atoms with Crippen molar-refractivity contribution in [1.29, 1.82) is 0 Å². The van der Waals surface area contributed by atoms with Crippen LogP contribution in [-0.4, -0.2) is 18.1 Å². The quantitative estimate of drug-likeness (QED) is 0.752. The number of hydrogen-bond donors (Lipinski definition) is 3. The van der Waals surface area contributed by atoms with Gasteiger partial charge in [0, 0.05) is 16.2 Å². The first-order chi connectivity index (χ1) is 9.51. The molecule has 2 rings (SSSR count). The molecule has 1 amide bonds. The van der Waals surface area contributed by atoms with Gasteiger partial charge in [-0.05, 0) is 30.3 Å². The lowest BCUT2D eigenvalue weighted by atomic mass is 10.1. The van der Waals surface area contributed by atoms with Crippen molar-refractivity contribution in [2.45, 2.75) is 0 Å². The number of methoxy groups -OCH3 is 1. The van der Waals surface area contributed by atoms with Gasteiger partial charge in [-0.15, -0.1) is 0 Å². The first-order valence-corrected chi connectivity index (χ1v) is 6.54. The van der Waals surface area contributed by atoms with Gasteiger partial charge in [0.1, 0.15) is 11.5 Å². The van der Waals surface area contributed by atoms with Crippen molar-refractivity contribution in [3.05, 3.63) is 46.4 Å². The Hall–Kier alpha value is -2.21. The largest absolute Gasteiger partial charge is 0.507 e. The van der Waals surface area contributed by atoms with Crippen LogP contribution in [0.25, 0.3) is 0 Å². The number of nitrogen functional groups attached to an aromatic ring is 1. The van der Waals surface area contributed by atoms with Crippen molar-refractivity contribution < 1.29 is 14.6 Å². The molecule has 4 N–H and O–H groups in total. The van der Waals surface area contributed by atoms with Gasteiger partial charge in [-0.1, -0.05) is 15.9 Å². The highest BCUT2D eigenvalue weighted by Crippen LogP contribution is 2.28. The Labute approximate surface area is 124 Å². The Morgan fingerprint density at radius 2 is 2.05 bits per heavy atom. The van der Waals surface area contributed by atoms with E-state index in [1.807, 2.05) is 0 Å². The number of aromatic hydroxyl groups is 1. The standard InChI is InChI=1S/C14H13BrN2O3/c1-20-13-7-9(16)3-4-11(13)17-14(19)10-6-8(15)2-5-12(10)18/h2-7,18H,16H2,1H3,(H,17,19). The van der Waals surface area contributed by atoms with E-state index in [4.69, 9.17) is 10.5 Å². The molecule has 0 aliphatic heterocycles. The SMILES string of the molecule is COc1cc(N)ccc1NC(=O)c1cc(Br)ccc1O. The minimum Gasteiger partial charge on any atom is -0.507 e. The van der Waals surface area contributed by atoms with Crippen LogP contribution in [0.3, 0.4) is 0 Å². The van der Waals surface area contributed by atoms with Crippen molar-refractivity contribution in [1.82, 2.24) is 0 Å². The van der Waals surface area contributed by atoms with Gasteiger partial charge in [-0.3, -0.25) is 4.79 Å². The Morgan fingerprint density at radius 1 is 1.30 bits per heavy atom. The van der Waals surface area contributed by atoms with Crippen molar-refractivity contribution >= 4 is 33.2 Å². The number of halogens is 1. The van der Waals surface area contributed by atoms with Crippen molar-refractivity contribution in [3.8, 4) is 11.5 Å². The molecule has 5 nitrogen and oxygen atoms in total. The summed E-state index contributed by atoms with van der Waals surface area (Å²) in [6.07, 6.45) is 0. The molecule has 0 saturated heterocycles. The molecule has 2 aromatic carbocycles. The maximum absolute atomic E-state index is 12.2. The van der Waals surface area contributed by atoms with E-state index in [1.54, 1.807) is 24.3 Å². The second-order valence-electron chi connectivity index (χ2n) is 4.08. The zero-order valence-electron chi connectivity index (χ0n) is 10.7. The molecule has 20 heavy (non-hydrogen) atoms. The zero-order chi connectivity index (χ0) is 14.7. The molecule has 0 fully saturated rings. The molecule has 0 atom stereocenters. The number of phenols is 1. The molecule has 0 spiro atoms. The van der Waals surface area contributed by atoms with Gasteiger partial charge in [0.2, 0.25) is 0 Å². The Bertz CT molecular complexity index is 659. The van der Waals surface area contributed by atoms with Crippen LogP contribution >= 0.6 is 15.9 Å². The van der Waals surface area contributed by atoms with Crippen LogP contribution in [0.4, 0.5) is 11.4 Å². The Balaban J connectivity index is 2.30. The normalized spacial score (nSPS) is 10.1. The first-order valence-electron chi connectivity index (χ1n) is 5.74. The van der Waals surface area contributed by atoms with Gasteiger partial charge in [-0.25, -0.2) is 0 Å². The number of benzene rings is 2. The zero-order valence-corrected chi connectivity index (χ0v) is 12.3. The maximum Gasteiger partial charge on any atom is 0.259 e. The summed E-state index contributed by atoms with van der Waals surface area (Å²) in [5.41, 5.74) is 6.83. The Morgan fingerprint density at radius 3 is 2.75 bits per heavy atom. The molecule has 104 valence electrons. The maximum atomic E-state index is 12.2. The minimum absolute atomic E-state index is 0.0971. The van der Waals surface area contributed by atoms with Crippen LogP contribution in [0, 0.1) is 0 Å². The van der Waals surface area contributed by atoms with E-state index in [9.17, 15) is 9.90 Å². The van der Waals surface area contributed by atoms with Gasteiger partial charge >= 0.3 is 0 Å². The fourth-order valence-corrected chi connectivity index (χ4v) is 2.05. The summed E-state index contributed by atoms with van der Waals surface area (Å²) < 4.78 is 5.85. The summed E-state index contributed by atoms with van der Waals surface area (Å²) in [4.78, 5) is 12.2. The molecular formula is C14H13BrN2O3. The number of nitrogens with one attached hydrogen (secondary N) is 1. The second kappa shape index (κ2) is 5.83. The van der Waals surface area contributed by atoms with Crippen LogP contribution in [0.1, 0.15) is 10.4 Å². The van der Waals surface area contributed by atoms with Gasteiger partial charge in [0.25, 0.3) is 5.91 Å². The van der Waals surface area contributed by atoms with Gasteiger partial charge in [0.15, 0.2) is 0 Å². The second-order valence-corrected chi connectivity index (χ2v) is 4.99. The van der Waals surface area contributed by atoms with E-state index in [-0.39, 0.29) is 11.3 Å². The van der Waals surface area contributed by atoms with Crippen molar-refractivity contribution in [2.24, 2.45) is 0 Å². The fraction of sp³-hybridized carbons (Fsp3) is 0.0714. The van der Waals surface area contributed by atoms with E-state index in [1.165, 1.54) is 19.2 Å². The highest BCUT2D eigenvalue weighted by molar-refractivity contribution is 9.10. The number of phenolic OH excluding ortho intramolecular Hbond substituents is 1. The molecule has 6 heteroatoms. The number of carbonyl (C=O) groups excluding carboxylic acids is 1. The Kier molecular flexibility index (Phi) is 4.14. The number of nitrogens with two attached hydrogens (primary N) is 1. The van der Waals surface area contributed by atoms with E-state index < -0.39 is 5.91 Å². The van der Waals surface area contributed by atoms with Gasteiger partial charge in [-0.2, -0.15) is 0 Å². The monoisotopic (exact) mass is 336 g/mol. The lowest BCUT2D eigenvalue weighted by molar-refractivity contribution is 0.102.